The molecule has 2 fully saturated rings. The van der Waals surface area contributed by atoms with Gasteiger partial charge in [0.1, 0.15) is 0 Å². The van der Waals surface area contributed by atoms with E-state index in [1.165, 1.54) is 0 Å². The molecule has 3 N–H and O–H groups in total. The van der Waals surface area contributed by atoms with Crippen LogP contribution in [0.3, 0.4) is 0 Å². The lowest BCUT2D eigenvalue weighted by Crippen LogP contribution is -2.48. The highest BCUT2D eigenvalue weighted by atomic mass is 16.5. The smallest absolute Gasteiger partial charge is 0.220 e. The zero-order valence-electron chi connectivity index (χ0n) is 8.03. The standard InChI is InChI=1S/C9H16N2O3/c12-8-5-14-4-7(8)11-9(13)1-6-2-10-3-6/h6-8,10,12H,1-5H2,(H,11,13). The average molecular weight is 200 g/mol. The molecule has 2 atom stereocenters. The molecular formula is C9H16N2O3. The average Bonchev–Trinajstić information content (AvgIpc) is 2.45. The Balaban J connectivity index is 1.70. The Morgan fingerprint density at radius 1 is 1.50 bits per heavy atom. The number of aliphatic hydroxyl groups excluding tert-OH is 1. The second kappa shape index (κ2) is 4.25. The molecule has 0 aromatic heterocycles. The maximum absolute atomic E-state index is 11.4. The van der Waals surface area contributed by atoms with Gasteiger partial charge in [0.15, 0.2) is 0 Å². The Hall–Kier alpha value is -0.650. The number of nitrogens with one attached hydrogen (secondary N) is 2. The summed E-state index contributed by atoms with van der Waals surface area (Å²) in [6.07, 6.45) is 0.00872. The summed E-state index contributed by atoms with van der Waals surface area (Å²) in [5.74, 6) is 0.487. The van der Waals surface area contributed by atoms with Gasteiger partial charge in [-0.2, -0.15) is 0 Å². The van der Waals surface area contributed by atoms with Gasteiger partial charge in [0, 0.05) is 6.42 Å². The van der Waals surface area contributed by atoms with Crippen molar-refractivity contribution in [2.24, 2.45) is 5.92 Å². The van der Waals surface area contributed by atoms with Crippen LogP contribution in [0.15, 0.2) is 0 Å². The van der Waals surface area contributed by atoms with Gasteiger partial charge in [0.05, 0.1) is 25.4 Å². The lowest BCUT2D eigenvalue weighted by Gasteiger charge is -2.27. The fourth-order valence-electron chi connectivity index (χ4n) is 1.70. The van der Waals surface area contributed by atoms with E-state index < -0.39 is 6.10 Å². The van der Waals surface area contributed by atoms with Gasteiger partial charge in [0.25, 0.3) is 0 Å². The Bertz CT molecular complexity index is 218. The van der Waals surface area contributed by atoms with E-state index >= 15 is 0 Å². The molecule has 0 saturated carbocycles. The summed E-state index contributed by atoms with van der Waals surface area (Å²) in [5.41, 5.74) is 0. The number of rotatable bonds is 3. The number of hydrogen-bond acceptors (Lipinski definition) is 4. The van der Waals surface area contributed by atoms with Crippen LogP contribution in [0.5, 0.6) is 0 Å². The molecule has 0 spiro atoms. The van der Waals surface area contributed by atoms with Crippen molar-refractivity contribution >= 4 is 5.91 Å². The number of amides is 1. The quantitative estimate of drug-likeness (QED) is 0.517. The second-order valence-electron chi connectivity index (χ2n) is 4.01. The molecule has 2 aliphatic rings. The van der Waals surface area contributed by atoms with Crippen LogP contribution in [0.4, 0.5) is 0 Å². The van der Waals surface area contributed by atoms with Gasteiger partial charge in [-0.1, -0.05) is 0 Å². The first-order valence-electron chi connectivity index (χ1n) is 5.01. The minimum Gasteiger partial charge on any atom is -0.388 e. The van der Waals surface area contributed by atoms with Crippen molar-refractivity contribution in [1.82, 2.24) is 10.6 Å². The molecule has 0 radical (unpaired) electrons. The van der Waals surface area contributed by atoms with Gasteiger partial charge < -0.3 is 20.5 Å². The molecule has 80 valence electrons. The predicted octanol–water partition coefficient (Wildman–Crippen LogP) is -1.53. The number of hydrogen-bond donors (Lipinski definition) is 3. The Labute approximate surface area is 82.8 Å². The van der Waals surface area contributed by atoms with E-state index in [0.717, 1.165) is 13.1 Å². The highest BCUT2D eigenvalue weighted by molar-refractivity contribution is 5.76. The molecule has 0 bridgehead atoms. The lowest BCUT2D eigenvalue weighted by atomic mass is 9.99. The van der Waals surface area contributed by atoms with E-state index in [9.17, 15) is 9.90 Å². The van der Waals surface area contributed by atoms with Crippen molar-refractivity contribution < 1.29 is 14.6 Å². The predicted molar refractivity (Wildman–Crippen MR) is 49.7 cm³/mol. The first kappa shape index (κ1) is 9.89. The van der Waals surface area contributed by atoms with Crippen LogP contribution in [0, 0.1) is 5.92 Å². The van der Waals surface area contributed by atoms with Crippen molar-refractivity contribution in [3.8, 4) is 0 Å². The molecular weight excluding hydrogens is 184 g/mol. The van der Waals surface area contributed by atoms with Gasteiger partial charge in [0.2, 0.25) is 5.91 Å². The molecule has 2 unspecified atom stereocenters. The second-order valence-corrected chi connectivity index (χ2v) is 4.01. The van der Waals surface area contributed by atoms with Crippen LogP contribution in [0.2, 0.25) is 0 Å². The first-order chi connectivity index (χ1) is 6.75. The molecule has 2 saturated heterocycles. The highest BCUT2D eigenvalue weighted by Gasteiger charge is 2.28. The summed E-state index contributed by atoms with van der Waals surface area (Å²) in [4.78, 5) is 11.4. The minimum absolute atomic E-state index is 0.0195. The summed E-state index contributed by atoms with van der Waals surface area (Å²) >= 11 is 0. The first-order valence-corrected chi connectivity index (χ1v) is 5.01. The Morgan fingerprint density at radius 3 is 2.79 bits per heavy atom. The minimum atomic E-state index is -0.543. The van der Waals surface area contributed by atoms with Crippen molar-refractivity contribution in [1.29, 1.82) is 0 Å². The van der Waals surface area contributed by atoms with Crippen LogP contribution in [-0.2, 0) is 9.53 Å². The van der Waals surface area contributed by atoms with E-state index in [0.29, 0.717) is 25.6 Å². The Kier molecular flexibility index (Phi) is 3.00. The summed E-state index contributed by atoms with van der Waals surface area (Å²) in [6.45, 7) is 2.61. The summed E-state index contributed by atoms with van der Waals surface area (Å²) in [5, 5.41) is 15.3. The molecule has 14 heavy (non-hydrogen) atoms. The van der Waals surface area contributed by atoms with Crippen LogP contribution >= 0.6 is 0 Å². The molecule has 1 amide bonds. The largest absolute Gasteiger partial charge is 0.388 e. The molecule has 2 rings (SSSR count). The van der Waals surface area contributed by atoms with E-state index in [1.54, 1.807) is 0 Å². The summed E-state index contributed by atoms with van der Waals surface area (Å²) in [7, 11) is 0. The SMILES string of the molecule is O=C(CC1CNC1)NC1COCC1O. The van der Waals surface area contributed by atoms with Crippen molar-refractivity contribution in [3.63, 3.8) is 0 Å². The number of aliphatic hydroxyl groups is 1. The van der Waals surface area contributed by atoms with Crippen LogP contribution in [-0.4, -0.2) is 49.5 Å². The molecule has 0 aromatic carbocycles. The van der Waals surface area contributed by atoms with Crippen LogP contribution < -0.4 is 10.6 Å². The van der Waals surface area contributed by atoms with E-state index in [4.69, 9.17) is 4.74 Å². The third-order valence-electron chi connectivity index (χ3n) is 2.74. The molecule has 0 aliphatic carbocycles. The van der Waals surface area contributed by atoms with Crippen LogP contribution in [0.1, 0.15) is 6.42 Å². The summed E-state index contributed by atoms with van der Waals surface area (Å²) < 4.78 is 5.04. The van der Waals surface area contributed by atoms with Crippen molar-refractivity contribution in [2.45, 2.75) is 18.6 Å². The van der Waals surface area contributed by atoms with E-state index in [2.05, 4.69) is 10.6 Å². The third-order valence-corrected chi connectivity index (χ3v) is 2.74. The van der Waals surface area contributed by atoms with Gasteiger partial charge >= 0.3 is 0 Å². The maximum Gasteiger partial charge on any atom is 0.220 e. The fraction of sp³-hybridized carbons (Fsp3) is 0.889. The van der Waals surface area contributed by atoms with E-state index in [1.807, 2.05) is 0 Å². The highest BCUT2D eigenvalue weighted by Crippen LogP contribution is 2.10. The van der Waals surface area contributed by atoms with Crippen molar-refractivity contribution in [3.05, 3.63) is 0 Å². The van der Waals surface area contributed by atoms with Gasteiger partial charge in [-0.05, 0) is 19.0 Å². The molecule has 5 nitrogen and oxygen atoms in total. The topological polar surface area (TPSA) is 70.6 Å². The van der Waals surface area contributed by atoms with Crippen LogP contribution in [0.25, 0.3) is 0 Å². The molecule has 2 aliphatic heterocycles. The normalized spacial score (nSPS) is 32.6. The molecule has 5 heteroatoms. The Morgan fingerprint density at radius 2 is 2.29 bits per heavy atom. The lowest BCUT2D eigenvalue weighted by molar-refractivity contribution is -0.123. The number of ether oxygens (including phenoxy) is 1. The fourth-order valence-corrected chi connectivity index (χ4v) is 1.70. The third kappa shape index (κ3) is 2.23. The van der Waals surface area contributed by atoms with Crippen molar-refractivity contribution in [2.75, 3.05) is 26.3 Å². The van der Waals surface area contributed by atoms with Gasteiger partial charge in [-0.3, -0.25) is 4.79 Å². The zero-order valence-corrected chi connectivity index (χ0v) is 8.03. The zero-order chi connectivity index (χ0) is 9.97. The molecule has 2 heterocycles. The maximum atomic E-state index is 11.4. The van der Waals surface area contributed by atoms with E-state index in [-0.39, 0.29) is 11.9 Å². The van der Waals surface area contributed by atoms with Gasteiger partial charge in [-0.25, -0.2) is 0 Å². The van der Waals surface area contributed by atoms with Gasteiger partial charge in [-0.15, -0.1) is 0 Å². The number of carbonyl (C=O) groups excluding carboxylic acids is 1. The number of carbonyl (C=O) groups is 1. The molecule has 0 aromatic rings. The monoisotopic (exact) mass is 200 g/mol. The summed E-state index contributed by atoms with van der Waals surface area (Å²) in [6, 6.07) is -0.212.